The molecule has 3 aromatic rings. The minimum absolute atomic E-state index is 0.0253. The van der Waals surface area contributed by atoms with Gasteiger partial charge in [-0.25, -0.2) is 5.10 Å². The first kappa shape index (κ1) is 18.5. The summed E-state index contributed by atoms with van der Waals surface area (Å²) in [5, 5.41) is 21.2. The SMILES string of the molecule is COc1ccc(/C=N\n2c(-c3ccc(OC)c(OC)c3)n[nH]c2=S)cc1O. The molecule has 0 atom stereocenters. The predicted molar refractivity (Wildman–Crippen MR) is 104 cm³/mol. The number of rotatable bonds is 6. The summed E-state index contributed by atoms with van der Waals surface area (Å²) >= 11 is 5.27. The molecule has 0 amide bonds. The van der Waals surface area contributed by atoms with E-state index < -0.39 is 0 Å². The topological polar surface area (TPSA) is 93.9 Å². The zero-order valence-electron chi connectivity index (χ0n) is 15.0. The molecule has 2 aromatic carbocycles. The molecule has 0 aliphatic carbocycles. The van der Waals surface area contributed by atoms with Crippen LogP contribution >= 0.6 is 12.2 Å². The van der Waals surface area contributed by atoms with Crippen LogP contribution < -0.4 is 14.2 Å². The maximum absolute atomic E-state index is 9.88. The Morgan fingerprint density at radius 1 is 1.04 bits per heavy atom. The normalized spacial score (nSPS) is 10.9. The lowest BCUT2D eigenvalue weighted by molar-refractivity contribution is 0.355. The second-order valence-electron chi connectivity index (χ2n) is 5.41. The van der Waals surface area contributed by atoms with Crippen molar-refractivity contribution >= 4 is 18.4 Å². The summed E-state index contributed by atoms with van der Waals surface area (Å²) in [6.45, 7) is 0. The lowest BCUT2D eigenvalue weighted by Gasteiger charge is -2.09. The van der Waals surface area contributed by atoms with E-state index in [1.54, 1.807) is 50.8 Å². The monoisotopic (exact) mass is 386 g/mol. The van der Waals surface area contributed by atoms with Crippen LogP contribution in [0.4, 0.5) is 0 Å². The number of phenols is 1. The molecule has 0 spiro atoms. The minimum atomic E-state index is 0.0253. The van der Waals surface area contributed by atoms with Gasteiger partial charge in [-0.3, -0.25) is 0 Å². The molecule has 1 heterocycles. The number of methoxy groups -OCH3 is 3. The summed E-state index contributed by atoms with van der Waals surface area (Å²) in [5.74, 6) is 2.10. The third-order valence-corrected chi connectivity index (χ3v) is 4.08. The summed E-state index contributed by atoms with van der Waals surface area (Å²) in [4.78, 5) is 0. The number of hydrogen-bond donors (Lipinski definition) is 2. The maximum Gasteiger partial charge on any atom is 0.216 e. The van der Waals surface area contributed by atoms with Gasteiger partial charge in [-0.05, 0) is 54.2 Å². The van der Waals surface area contributed by atoms with Crippen molar-refractivity contribution in [1.82, 2.24) is 14.9 Å². The number of phenolic OH excluding ortho intramolecular Hbond substituents is 1. The average molecular weight is 386 g/mol. The summed E-state index contributed by atoms with van der Waals surface area (Å²) < 4.78 is 17.4. The molecule has 3 rings (SSSR count). The Bertz CT molecular complexity index is 1040. The van der Waals surface area contributed by atoms with Crippen molar-refractivity contribution in [2.24, 2.45) is 5.10 Å². The molecular weight excluding hydrogens is 368 g/mol. The van der Waals surface area contributed by atoms with Gasteiger partial charge < -0.3 is 19.3 Å². The number of nitrogens with one attached hydrogen (secondary N) is 1. The fraction of sp³-hybridized carbons (Fsp3) is 0.167. The standard InChI is InChI=1S/C18H18N4O4S/c1-24-14-6-4-11(8-13(14)23)10-19-22-17(20-21-18(22)27)12-5-7-15(25-2)16(9-12)26-3/h4-10,23H,1-3H3,(H,21,27)/b19-10-. The first-order chi connectivity index (χ1) is 13.1. The molecule has 27 heavy (non-hydrogen) atoms. The molecule has 0 fully saturated rings. The highest BCUT2D eigenvalue weighted by atomic mass is 32.1. The lowest BCUT2D eigenvalue weighted by Crippen LogP contribution is -1.97. The highest BCUT2D eigenvalue weighted by Gasteiger charge is 2.12. The molecule has 9 heteroatoms. The van der Waals surface area contributed by atoms with Crippen LogP contribution in [-0.4, -0.2) is 47.5 Å². The van der Waals surface area contributed by atoms with Crippen LogP contribution in [0.1, 0.15) is 5.56 Å². The number of benzene rings is 2. The molecule has 0 unspecified atom stereocenters. The van der Waals surface area contributed by atoms with Crippen LogP contribution in [-0.2, 0) is 0 Å². The number of nitrogens with zero attached hydrogens (tertiary/aromatic N) is 3. The highest BCUT2D eigenvalue weighted by Crippen LogP contribution is 2.31. The Labute approximate surface area is 160 Å². The van der Waals surface area contributed by atoms with E-state index in [-0.39, 0.29) is 5.75 Å². The van der Waals surface area contributed by atoms with Gasteiger partial charge in [0.1, 0.15) is 0 Å². The van der Waals surface area contributed by atoms with Crippen LogP contribution in [0, 0.1) is 4.77 Å². The molecule has 2 N–H and O–H groups in total. The first-order valence-electron chi connectivity index (χ1n) is 7.88. The average Bonchev–Trinajstić information content (AvgIpc) is 3.06. The smallest absolute Gasteiger partial charge is 0.216 e. The van der Waals surface area contributed by atoms with Gasteiger partial charge >= 0.3 is 0 Å². The van der Waals surface area contributed by atoms with Gasteiger partial charge in [-0.1, -0.05) is 0 Å². The van der Waals surface area contributed by atoms with E-state index in [9.17, 15) is 5.11 Å². The first-order valence-corrected chi connectivity index (χ1v) is 8.29. The molecule has 8 nitrogen and oxygen atoms in total. The zero-order valence-corrected chi connectivity index (χ0v) is 15.8. The number of aromatic amines is 1. The van der Waals surface area contributed by atoms with E-state index >= 15 is 0 Å². The van der Waals surface area contributed by atoms with E-state index in [0.29, 0.717) is 33.4 Å². The van der Waals surface area contributed by atoms with Gasteiger partial charge in [0.25, 0.3) is 0 Å². The van der Waals surface area contributed by atoms with E-state index in [0.717, 1.165) is 5.56 Å². The van der Waals surface area contributed by atoms with E-state index in [2.05, 4.69) is 15.3 Å². The molecule has 0 saturated heterocycles. The molecule has 0 aliphatic heterocycles. The van der Waals surface area contributed by atoms with Crippen LogP contribution in [0.25, 0.3) is 11.4 Å². The van der Waals surface area contributed by atoms with E-state index in [1.165, 1.54) is 11.8 Å². The number of hydrogen-bond acceptors (Lipinski definition) is 7. The minimum Gasteiger partial charge on any atom is -0.504 e. The third-order valence-electron chi connectivity index (χ3n) is 3.82. The Kier molecular flexibility index (Phi) is 5.41. The Morgan fingerprint density at radius 2 is 1.74 bits per heavy atom. The van der Waals surface area contributed by atoms with Gasteiger partial charge in [0, 0.05) is 5.56 Å². The lowest BCUT2D eigenvalue weighted by atomic mass is 10.2. The Balaban J connectivity index is 1.98. The van der Waals surface area contributed by atoms with Crippen LogP contribution in [0.15, 0.2) is 41.5 Å². The second kappa shape index (κ2) is 7.92. The fourth-order valence-corrected chi connectivity index (χ4v) is 2.65. The fourth-order valence-electron chi connectivity index (χ4n) is 2.47. The second-order valence-corrected chi connectivity index (χ2v) is 5.80. The van der Waals surface area contributed by atoms with Gasteiger partial charge in [-0.2, -0.15) is 14.9 Å². The van der Waals surface area contributed by atoms with Gasteiger partial charge in [0.15, 0.2) is 28.8 Å². The van der Waals surface area contributed by atoms with Crippen molar-refractivity contribution in [3.8, 4) is 34.4 Å². The maximum atomic E-state index is 9.88. The van der Waals surface area contributed by atoms with Crippen molar-refractivity contribution in [2.45, 2.75) is 0 Å². The summed E-state index contributed by atoms with van der Waals surface area (Å²) in [7, 11) is 4.62. The summed E-state index contributed by atoms with van der Waals surface area (Å²) in [6.07, 6.45) is 1.56. The molecule has 1 aromatic heterocycles. The van der Waals surface area contributed by atoms with Gasteiger partial charge in [0.05, 0.1) is 27.5 Å². The Hall–Kier alpha value is -3.33. The quantitative estimate of drug-likeness (QED) is 0.499. The molecule has 0 radical (unpaired) electrons. The molecular formula is C18H18N4O4S. The molecule has 0 bridgehead atoms. The van der Waals surface area contributed by atoms with E-state index in [4.69, 9.17) is 26.4 Å². The molecule has 140 valence electrons. The van der Waals surface area contributed by atoms with Gasteiger partial charge in [-0.15, -0.1) is 0 Å². The molecule has 0 aliphatic rings. The van der Waals surface area contributed by atoms with E-state index in [1.807, 2.05) is 6.07 Å². The third kappa shape index (κ3) is 3.77. The summed E-state index contributed by atoms with van der Waals surface area (Å²) in [6, 6.07) is 10.4. The zero-order chi connectivity index (χ0) is 19.4. The van der Waals surface area contributed by atoms with Crippen molar-refractivity contribution in [3.05, 3.63) is 46.7 Å². The van der Waals surface area contributed by atoms with Crippen LogP contribution in [0.3, 0.4) is 0 Å². The number of aromatic hydroxyl groups is 1. The summed E-state index contributed by atoms with van der Waals surface area (Å²) in [5.41, 5.74) is 1.42. The highest BCUT2D eigenvalue weighted by molar-refractivity contribution is 7.71. The predicted octanol–water partition coefficient (Wildman–Crippen LogP) is 3.22. The number of aromatic nitrogens is 3. The number of ether oxygens (including phenoxy) is 3. The van der Waals surface area contributed by atoms with Gasteiger partial charge in [0.2, 0.25) is 4.77 Å². The Morgan fingerprint density at radius 3 is 2.41 bits per heavy atom. The molecule has 0 saturated carbocycles. The van der Waals surface area contributed by atoms with Crippen LogP contribution in [0.2, 0.25) is 0 Å². The van der Waals surface area contributed by atoms with Crippen molar-refractivity contribution in [3.63, 3.8) is 0 Å². The largest absolute Gasteiger partial charge is 0.504 e. The van der Waals surface area contributed by atoms with Crippen molar-refractivity contribution in [2.75, 3.05) is 21.3 Å². The van der Waals surface area contributed by atoms with Crippen molar-refractivity contribution < 1.29 is 19.3 Å². The van der Waals surface area contributed by atoms with Crippen LogP contribution in [0.5, 0.6) is 23.0 Å². The number of H-pyrrole nitrogens is 1. The van der Waals surface area contributed by atoms with Crippen molar-refractivity contribution in [1.29, 1.82) is 0 Å².